The van der Waals surface area contributed by atoms with Crippen molar-refractivity contribution in [3.63, 3.8) is 0 Å². The monoisotopic (exact) mass is 300 g/mol. The van der Waals surface area contributed by atoms with Crippen molar-refractivity contribution >= 4 is 21.4 Å². The zero-order valence-corrected chi connectivity index (χ0v) is 12.0. The van der Waals surface area contributed by atoms with E-state index < -0.39 is 15.4 Å². The van der Waals surface area contributed by atoms with Gasteiger partial charge in [0.15, 0.2) is 9.84 Å². The molecule has 1 fully saturated rings. The van der Waals surface area contributed by atoms with E-state index in [9.17, 15) is 17.6 Å². The summed E-state index contributed by atoms with van der Waals surface area (Å²) in [6, 6.07) is 5.45. The molecule has 5 nitrogen and oxygen atoms in total. The lowest BCUT2D eigenvalue weighted by atomic mass is 10.0. The Morgan fingerprint density at radius 1 is 1.35 bits per heavy atom. The van der Waals surface area contributed by atoms with Crippen LogP contribution in [0.4, 0.5) is 10.1 Å². The van der Waals surface area contributed by atoms with Crippen LogP contribution in [0.5, 0.6) is 0 Å². The molecular weight excluding hydrogens is 283 g/mol. The number of carbonyl (C=O) groups is 1. The summed E-state index contributed by atoms with van der Waals surface area (Å²) in [4.78, 5) is 11.7. The SMILES string of the molecule is CC1(NCC(=O)Nc2ccc(F)cc2)CCS(=O)(=O)C1. The van der Waals surface area contributed by atoms with Crippen molar-refractivity contribution in [3.8, 4) is 0 Å². The van der Waals surface area contributed by atoms with Crippen LogP contribution in [0.3, 0.4) is 0 Å². The number of amides is 1. The third kappa shape index (κ3) is 4.01. The maximum atomic E-state index is 12.7. The highest BCUT2D eigenvalue weighted by atomic mass is 32.2. The largest absolute Gasteiger partial charge is 0.325 e. The van der Waals surface area contributed by atoms with Gasteiger partial charge in [-0.3, -0.25) is 4.79 Å². The molecule has 1 saturated heterocycles. The molecule has 0 radical (unpaired) electrons. The van der Waals surface area contributed by atoms with E-state index in [-0.39, 0.29) is 29.8 Å². The summed E-state index contributed by atoms with van der Waals surface area (Å²) in [5, 5.41) is 5.59. The predicted molar refractivity (Wildman–Crippen MR) is 74.7 cm³/mol. The molecule has 0 saturated carbocycles. The molecule has 7 heteroatoms. The standard InChI is InChI=1S/C13H17FN2O3S/c1-13(6-7-20(18,19)9-13)15-8-12(17)16-11-4-2-10(14)3-5-11/h2-5,15H,6-9H2,1H3,(H,16,17). The van der Waals surface area contributed by atoms with Crippen molar-refractivity contribution in [2.45, 2.75) is 18.9 Å². The molecular formula is C13H17FN2O3S. The average Bonchev–Trinajstić information content (AvgIpc) is 2.65. The van der Waals surface area contributed by atoms with Crippen molar-refractivity contribution < 1.29 is 17.6 Å². The first kappa shape index (κ1) is 14.9. The van der Waals surface area contributed by atoms with E-state index in [1.807, 2.05) is 0 Å². The summed E-state index contributed by atoms with van der Waals surface area (Å²) < 4.78 is 35.6. The second-order valence-electron chi connectivity index (χ2n) is 5.31. The number of sulfone groups is 1. The smallest absolute Gasteiger partial charge is 0.238 e. The molecule has 1 heterocycles. The lowest BCUT2D eigenvalue weighted by molar-refractivity contribution is -0.115. The van der Waals surface area contributed by atoms with Gasteiger partial charge in [-0.15, -0.1) is 0 Å². The third-order valence-electron chi connectivity index (χ3n) is 3.31. The molecule has 0 aliphatic carbocycles. The minimum atomic E-state index is -3.00. The summed E-state index contributed by atoms with van der Waals surface area (Å²) in [6.45, 7) is 1.81. The van der Waals surface area contributed by atoms with E-state index in [4.69, 9.17) is 0 Å². The van der Waals surface area contributed by atoms with Crippen molar-refractivity contribution in [2.75, 3.05) is 23.4 Å². The van der Waals surface area contributed by atoms with E-state index in [1.54, 1.807) is 6.92 Å². The first-order valence-corrected chi connectivity index (χ1v) is 8.11. The van der Waals surface area contributed by atoms with E-state index in [0.29, 0.717) is 12.1 Å². The van der Waals surface area contributed by atoms with Crippen molar-refractivity contribution in [2.24, 2.45) is 0 Å². The minimum absolute atomic E-state index is 0.0173. The normalized spacial score (nSPS) is 24.5. The first-order chi connectivity index (χ1) is 9.28. The zero-order valence-electron chi connectivity index (χ0n) is 11.1. The second-order valence-corrected chi connectivity index (χ2v) is 7.50. The Morgan fingerprint density at radius 2 is 2.00 bits per heavy atom. The van der Waals surface area contributed by atoms with E-state index in [1.165, 1.54) is 24.3 Å². The summed E-state index contributed by atoms with van der Waals surface area (Å²) in [5.41, 5.74) is -0.0544. The Balaban J connectivity index is 1.85. The molecule has 20 heavy (non-hydrogen) atoms. The molecule has 1 aliphatic heterocycles. The van der Waals surface area contributed by atoms with Gasteiger partial charge >= 0.3 is 0 Å². The van der Waals surface area contributed by atoms with Gasteiger partial charge in [0, 0.05) is 11.2 Å². The third-order valence-corrected chi connectivity index (χ3v) is 5.21. The molecule has 1 aromatic carbocycles. The molecule has 0 spiro atoms. The van der Waals surface area contributed by atoms with Gasteiger partial charge < -0.3 is 10.6 Å². The Kier molecular flexibility index (Phi) is 4.10. The van der Waals surface area contributed by atoms with Crippen LogP contribution < -0.4 is 10.6 Å². The number of hydrogen-bond acceptors (Lipinski definition) is 4. The minimum Gasteiger partial charge on any atom is -0.325 e. The Morgan fingerprint density at radius 3 is 2.55 bits per heavy atom. The highest BCUT2D eigenvalue weighted by Gasteiger charge is 2.38. The van der Waals surface area contributed by atoms with Crippen LogP contribution >= 0.6 is 0 Å². The molecule has 0 bridgehead atoms. The zero-order chi connectivity index (χ0) is 14.8. The number of nitrogens with one attached hydrogen (secondary N) is 2. The predicted octanol–water partition coefficient (Wildman–Crippen LogP) is 0.931. The number of halogens is 1. The number of carbonyl (C=O) groups excluding carboxylic acids is 1. The van der Waals surface area contributed by atoms with Crippen LogP contribution in [0.25, 0.3) is 0 Å². The van der Waals surface area contributed by atoms with E-state index >= 15 is 0 Å². The molecule has 2 rings (SSSR count). The Labute approximate surface area is 117 Å². The van der Waals surface area contributed by atoms with E-state index in [0.717, 1.165) is 0 Å². The Hall–Kier alpha value is -1.47. The molecule has 1 aliphatic rings. The fourth-order valence-electron chi connectivity index (χ4n) is 2.18. The van der Waals surface area contributed by atoms with Crippen molar-refractivity contribution in [3.05, 3.63) is 30.1 Å². The quantitative estimate of drug-likeness (QED) is 0.867. The Bertz CT molecular complexity index is 601. The second kappa shape index (κ2) is 5.49. The maximum Gasteiger partial charge on any atom is 0.238 e. The topological polar surface area (TPSA) is 75.3 Å². The molecule has 1 atom stereocenters. The van der Waals surface area contributed by atoms with Crippen LogP contribution in [-0.2, 0) is 14.6 Å². The van der Waals surface area contributed by atoms with Gasteiger partial charge in [-0.1, -0.05) is 0 Å². The number of rotatable bonds is 4. The molecule has 1 amide bonds. The van der Waals surface area contributed by atoms with Crippen LogP contribution in [0.2, 0.25) is 0 Å². The fraction of sp³-hybridized carbons (Fsp3) is 0.462. The van der Waals surface area contributed by atoms with Crippen LogP contribution in [0.15, 0.2) is 24.3 Å². The summed E-state index contributed by atoms with van der Waals surface area (Å²) >= 11 is 0. The summed E-state index contributed by atoms with van der Waals surface area (Å²) in [6.07, 6.45) is 0.499. The highest BCUT2D eigenvalue weighted by Crippen LogP contribution is 2.22. The molecule has 1 unspecified atom stereocenters. The van der Waals surface area contributed by atoms with Gasteiger partial charge in [-0.25, -0.2) is 12.8 Å². The summed E-state index contributed by atoms with van der Waals surface area (Å²) in [5.74, 6) is -0.466. The maximum absolute atomic E-state index is 12.7. The summed E-state index contributed by atoms with van der Waals surface area (Å²) in [7, 11) is -3.00. The first-order valence-electron chi connectivity index (χ1n) is 6.29. The van der Waals surface area contributed by atoms with Gasteiger partial charge in [0.1, 0.15) is 5.82 Å². The number of anilines is 1. The van der Waals surface area contributed by atoms with Crippen molar-refractivity contribution in [1.29, 1.82) is 0 Å². The van der Waals surface area contributed by atoms with Gasteiger partial charge in [0.05, 0.1) is 18.1 Å². The lowest BCUT2D eigenvalue weighted by Crippen LogP contribution is -2.46. The van der Waals surface area contributed by atoms with Crippen LogP contribution in [-0.4, -0.2) is 37.9 Å². The average molecular weight is 300 g/mol. The molecule has 1 aromatic rings. The molecule has 2 N–H and O–H groups in total. The highest BCUT2D eigenvalue weighted by molar-refractivity contribution is 7.91. The van der Waals surface area contributed by atoms with Crippen molar-refractivity contribution in [1.82, 2.24) is 5.32 Å². The number of benzene rings is 1. The van der Waals surface area contributed by atoms with Gasteiger partial charge in [0.2, 0.25) is 5.91 Å². The van der Waals surface area contributed by atoms with Crippen LogP contribution in [0, 0.1) is 5.82 Å². The lowest BCUT2D eigenvalue weighted by Gasteiger charge is -2.23. The van der Waals surface area contributed by atoms with E-state index in [2.05, 4.69) is 10.6 Å². The van der Waals surface area contributed by atoms with Gasteiger partial charge in [-0.2, -0.15) is 0 Å². The van der Waals surface area contributed by atoms with Crippen LogP contribution in [0.1, 0.15) is 13.3 Å². The van der Waals surface area contributed by atoms with Gasteiger partial charge in [-0.05, 0) is 37.6 Å². The molecule has 110 valence electrons. The van der Waals surface area contributed by atoms with Gasteiger partial charge in [0.25, 0.3) is 0 Å². The number of hydrogen-bond donors (Lipinski definition) is 2. The molecule has 0 aromatic heterocycles. The fourth-order valence-corrected chi connectivity index (χ4v) is 4.30.